The molecule has 2 unspecified atom stereocenters. The first kappa shape index (κ1) is 23.6. The fourth-order valence-corrected chi connectivity index (χ4v) is 5.96. The lowest BCUT2D eigenvalue weighted by Gasteiger charge is -2.44. The Labute approximate surface area is 211 Å². The number of nitrogens with zero attached hydrogens (tertiary/aromatic N) is 3. The minimum atomic E-state index is 0.102. The highest BCUT2D eigenvalue weighted by molar-refractivity contribution is 6.42. The molecule has 2 aromatic carbocycles. The molecule has 0 radical (unpaired) electrons. The Morgan fingerprint density at radius 3 is 2.56 bits per heavy atom. The van der Waals surface area contributed by atoms with Gasteiger partial charge in [0.1, 0.15) is 0 Å². The molecule has 2 atom stereocenters. The molecule has 0 aliphatic carbocycles. The normalized spacial score (nSPS) is 22.3. The van der Waals surface area contributed by atoms with Crippen LogP contribution in [0.25, 0.3) is 10.9 Å². The molecular formula is C28H31Cl2N3O. The summed E-state index contributed by atoms with van der Waals surface area (Å²) in [5, 5.41) is 2.28. The molecule has 1 aromatic heterocycles. The summed E-state index contributed by atoms with van der Waals surface area (Å²) in [7, 11) is 0. The van der Waals surface area contributed by atoms with Crippen LogP contribution in [-0.2, 0) is 6.42 Å². The number of hydrogen-bond donors (Lipinski definition) is 0. The van der Waals surface area contributed by atoms with Gasteiger partial charge in [0, 0.05) is 37.3 Å². The monoisotopic (exact) mass is 495 g/mol. The van der Waals surface area contributed by atoms with Gasteiger partial charge in [-0.15, -0.1) is 0 Å². The van der Waals surface area contributed by atoms with Gasteiger partial charge in [-0.2, -0.15) is 0 Å². The second-order valence-corrected chi connectivity index (χ2v) is 10.7. The first-order valence-electron chi connectivity index (χ1n) is 12.3. The van der Waals surface area contributed by atoms with Crippen molar-refractivity contribution in [3.05, 3.63) is 75.9 Å². The molecule has 2 aliphatic heterocycles. The predicted molar refractivity (Wildman–Crippen MR) is 140 cm³/mol. The number of aromatic nitrogens is 1. The van der Waals surface area contributed by atoms with Crippen LogP contribution in [0.1, 0.15) is 42.1 Å². The third kappa shape index (κ3) is 5.10. The van der Waals surface area contributed by atoms with Crippen LogP contribution in [0.2, 0.25) is 10.0 Å². The maximum Gasteiger partial charge on any atom is 0.255 e. The largest absolute Gasteiger partial charge is 0.338 e. The highest BCUT2D eigenvalue weighted by Gasteiger charge is 2.33. The third-order valence-electron chi connectivity index (χ3n) is 7.70. The Morgan fingerprint density at radius 2 is 1.79 bits per heavy atom. The summed E-state index contributed by atoms with van der Waals surface area (Å²) in [6, 6.07) is 16.5. The minimum Gasteiger partial charge on any atom is -0.338 e. The summed E-state index contributed by atoms with van der Waals surface area (Å²) in [6.07, 6.45) is 6.05. The summed E-state index contributed by atoms with van der Waals surface area (Å²) < 4.78 is 0. The zero-order valence-electron chi connectivity index (χ0n) is 19.6. The lowest BCUT2D eigenvalue weighted by molar-refractivity contribution is 0.0436. The summed E-state index contributed by atoms with van der Waals surface area (Å²) >= 11 is 12.3. The highest BCUT2D eigenvalue weighted by atomic mass is 35.5. The molecule has 3 heterocycles. The fourth-order valence-electron chi connectivity index (χ4n) is 5.64. The van der Waals surface area contributed by atoms with E-state index in [2.05, 4.69) is 22.9 Å². The van der Waals surface area contributed by atoms with Crippen LogP contribution in [0, 0.1) is 11.8 Å². The molecular weight excluding hydrogens is 465 g/mol. The summed E-state index contributed by atoms with van der Waals surface area (Å²) in [5.41, 5.74) is 2.89. The number of hydrogen-bond acceptors (Lipinski definition) is 3. The van der Waals surface area contributed by atoms with Crippen molar-refractivity contribution in [1.82, 2.24) is 14.8 Å². The predicted octanol–water partition coefficient (Wildman–Crippen LogP) is 6.35. The van der Waals surface area contributed by atoms with E-state index in [0.717, 1.165) is 56.3 Å². The topological polar surface area (TPSA) is 36.4 Å². The van der Waals surface area contributed by atoms with E-state index in [1.54, 1.807) is 6.20 Å². The number of fused-ring (bicyclic) bond motifs is 1. The number of likely N-dealkylation sites (tertiary alicyclic amines) is 2. The molecule has 2 fully saturated rings. The molecule has 3 aromatic rings. The summed E-state index contributed by atoms with van der Waals surface area (Å²) in [4.78, 5) is 22.2. The standard InChI is InChI=1S/C28H31Cl2N3O/c1-19-18-33(11-8-21(19)14-20-6-7-25(29)26(30)15-20)24-9-12-32(13-10-24)28(34)23-16-22-4-2-3-5-27(22)31-17-23/h2-7,15-17,19,21,24H,8-14,18H2,1H3. The number of amides is 1. The van der Waals surface area contributed by atoms with Crippen LogP contribution in [0.15, 0.2) is 54.7 Å². The maximum absolute atomic E-state index is 13.1. The van der Waals surface area contributed by atoms with Crippen molar-refractivity contribution in [2.45, 2.75) is 38.6 Å². The van der Waals surface area contributed by atoms with Crippen molar-refractivity contribution in [2.24, 2.45) is 11.8 Å². The SMILES string of the molecule is CC1CN(C2CCN(C(=O)c3cnc4ccccc4c3)CC2)CCC1Cc1ccc(Cl)c(Cl)c1. The molecule has 1 amide bonds. The molecule has 178 valence electrons. The first-order valence-corrected chi connectivity index (χ1v) is 13.1. The van der Waals surface area contributed by atoms with Gasteiger partial charge in [-0.3, -0.25) is 14.7 Å². The minimum absolute atomic E-state index is 0.102. The van der Waals surface area contributed by atoms with Gasteiger partial charge in [0.25, 0.3) is 5.91 Å². The van der Waals surface area contributed by atoms with Crippen molar-refractivity contribution in [1.29, 1.82) is 0 Å². The van der Waals surface area contributed by atoms with Crippen LogP contribution >= 0.6 is 23.2 Å². The number of piperidine rings is 2. The molecule has 0 spiro atoms. The number of para-hydroxylation sites is 1. The fraction of sp³-hybridized carbons (Fsp3) is 0.429. The molecule has 0 saturated carbocycles. The van der Waals surface area contributed by atoms with E-state index >= 15 is 0 Å². The van der Waals surface area contributed by atoms with Crippen molar-refractivity contribution in [3.8, 4) is 0 Å². The highest BCUT2D eigenvalue weighted by Crippen LogP contribution is 2.32. The Morgan fingerprint density at radius 1 is 1.00 bits per heavy atom. The summed E-state index contributed by atoms with van der Waals surface area (Å²) in [5.74, 6) is 1.40. The molecule has 4 nitrogen and oxygen atoms in total. The van der Waals surface area contributed by atoms with E-state index in [1.807, 2.05) is 47.4 Å². The van der Waals surface area contributed by atoms with Crippen LogP contribution in [0.4, 0.5) is 0 Å². The number of rotatable bonds is 4. The first-order chi connectivity index (χ1) is 16.5. The van der Waals surface area contributed by atoms with Crippen LogP contribution in [0.5, 0.6) is 0 Å². The molecule has 2 aliphatic rings. The lowest BCUT2D eigenvalue weighted by atomic mass is 9.81. The van der Waals surface area contributed by atoms with E-state index in [-0.39, 0.29) is 5.91 Å². The van der Waals surface area contributed by atoms with E-state index < -0.39 is 0 Å². The number of carbonyl (C=O) groups excluding carboxylic acids is 1. The second-order valence-electron chi connectivity index (χ2n) is 9.91. The smallest absolute Gasteiger partial charge is 0.255 e. The zero-order chi connectivity index (χ0) is 23.7. The number of benzene rings is 2. The van der Waals surface area contributed by atoms with Crippen LogP contribution in [-0.4, -0.2) is 52.9 Å². The van der Waals surface area contributed by atoms with Crippen molar-refractivity contribution < 1.29 is 4.79 Å². The van der Waals surface area contributed by atoms with Gasteiger partial charge in [-0.25, -0.2) is 0 Å². The molecule has 2 saturated heterocycles. The van der Waals surface area contributed by atoms with E-state index in [1.165, 1.54) is 12.0 Å². The third-order valence-corrected chi connectivity index (χ3v) is 8.44. The molecule has 34 heavy (non-hydrogen) atoms. The van der Waals surface area contributed by atoms with Crippen molar-refractivity contribution in [3.63, 3.8) is 0 Å². The molecule has 6 heteroatoms. The van der Waals surface area contributed by atoms with Crippen LogP contribution in [0.3, 0.4) is 0 Å². The van der Waals surface area contributed by atoms with Crippen LogP contribution < -0.4 is 0 Å². The molecule has 0 N–H and O–H groups in total. The summed E-state index contributed by atoms with van der Waals surface area (Å²) in [6.45, 7) is 6.25. The molecule has 0 bridgehead atoms. The van der Waals surface area contributed by atoms with Gasteiger partial charge in [-0.1, -0.05) is 54.4 Å². The van der Waals surface area contributed by atoms with E-state index in [9.17, 15) is 4.79 Å². The average Bonchev–Trinajstić information content (AvgIpc) is 2.87. The Kier molecular flexibility index (Phi) is 7.10. The average molecular weight is 496 g/mol. The van der Waals surface area contributed by atoms with E-state index in [4.69, 9.17) is 23.2 Å². The number of carbonyl (C=O) groups is 1. The lowest BCUT2D eigenvalue weighted by Crippen LogP contribution is -2.51. The van der Waals surface area contributed by atoms with Crippen molar-refractivity contribution in [2.75, 3.05) is 26.2 Å². The maximum atomic E-state index is 13.1. The Balaban J connectivity index is 1.14. The van der Waals surface area contributed by atoms with Gasteiger partial charge < -0.3 is 4.90 Å². The Hall–Kier alpha value is -2.14. The molecule has 5 rings (SSSR count). The van der Waals surface area contributed by atoms with Gasteiger partial charge in [0.2, 0.25) is 0 Å². The Bertz CT molecular complexity index is 1180. The van der Waals surface area contributed by atoms with Gasteiger partial charge in [0.05, 0.1) is 21.1 Å². The van der Waals surface area contributed by atoms with Gasteiger partial charge in [0.15, 0.2) is 0 Å². The number of halogens is 2. The van der Waals surface area contributed by atoms with Crippen molar-refractivity contribution >= 4 is 40.0 Å². The number of pyridine rings is 1. The van der Waals surface area contributed by atoms with Gasteiger partial charge >= 0.3 is 0 Å². The second kappa shape index (κ2) is 10.2. The zero-order valence-corrected chi connectivity index (χ0v) is 21.1. The van der Waals surface area contributed by atoms with Gasteiger partial charge in [-0.05, 0) is 73.9 Å². The van der Waals surface area contributed by atoms with E-state index in [0.29, 0.717) is 33.5 Å². The quantitative estimate of drug-likeness (QED) is 0.423.